The zero-order valence-corrected chi connectivity index (χ0v) is 8.56. The summed E-state index contributed by atoms with van der Waals surface area (Å²) in [7, 11) is 1.43. The minimum atomic E-state index is -0.0673. The molecular formula is C11H14O4. The molecule has 0 radical (unpaired) electrons. The monoisotopic (exact) mass is 210 g/mol. The van der Waals surface area contributed by atoms with E-state index in [-0.39, 0.29) is 23.9 Å². The van der Waals surface area contributed by atoms with Gasteiger partial charge in [-0.1, -0.05) is 0 Å². The number of aromatic hydroxyl groups is 1. The molecule has 0 unspecified atom stereocenters. The van der Waals surface area contributed by atoms with E-state index >= 15 is 0 Å². The molecule has 0 aromatic heterocycles. The number of Topliss-reactive ketones (excluding diaryl/α,β-unsaturated/α-hetero) is 1. The van der Waals surface area contributed by atoms with Crippen LogP contribution in [-0.2, 0) is 0 Å². The van der Waals surface area contributed by atoms with E-state index in [1.54, 1.807) is 0 Å². The van der Waals surface area contributed by atoms with Crippen molar-refractivity contribution in [1.29, 1.82) is 0 Å². The number of methoxy groups -OCH3 is 1. The highest BCUT2D eigenvalue weighted by atomic mass is 16.5. The summed E-state index contributed by atoms with van der Waals surface area (Å²) in [5, 5.41) is 17.9. The first-order valence-corrected chi connectivity index (χ1v) is 4.70. The van der Waals surface area contributed by atoms with E-state index in [2.05, 4.69) is 0 Å². The number of carbonyl (C=O) groups excluding carboxylic acids is 1. The molecule has 2 N–H and O–H groups in total. The second-order valence-electron chi connectivity index (χ2n) is 3.14. The van der Waals surface area contributed by atoms with Gasteiger partial charge in [-0.2, -0.15) is 0 Å². The van der Waals surface area contributed by atoms with E-state index in [1.807, 2.05) is 0 Å². The largest absolute Gasteiger partial charge is 0.504 e. The van der Waals surface area contributed by atoms with Gasteiger partial charge in [-0.15, -0.1) is 0 Å². The first-order valence-electron chi connectivity index (χ1n) is 4.70. The molecule has 0 fully saturated rings. The zero-order chi connectivity index (χ0) is 11.3. The number of ketones is 1. The SMILES string of the molecule is COc1cc(C(=O)CCCO)ccc1O. The van der Waals surface area contributed by atoms with Gasteiger partial charge in [-0.3, -0.25) is 4.79 Å². The van der Waals surface area contributed by atoms with Gasteiger partial charge in [-0.05, 0) is 24.6 Å². The average Bonchev–Trinajstić information content (AvgIpc) is 2.26. The van der Waals surface area contributed by atoms with E-state index in [1.165, 1.54) is 25.3 Å². The summed E-state index contributed by atoms with van der Waals surface area (Å²) in [6, 6.07) is 4.46. The van der Waals surface area contributed by atoms with E-state index < -0.39 is 0 Å². The predicted octanol–water partition coefficient (Wildman–Crippen LogP) is 1.36. The summed E-state index contributed by atoms with van der Waals surface area (Å²) in [4.78, 5) is 11.5. The fourth-order valence-corrected chi connectivity index (χ4v) is 1.24. The molecule has 0 aliphatic rings. The van der Waals surface area contributed by atoms with Gasteiger partial charge in [0.1, 0.15) is 0 Å². The van der Waals surface area contributed by atoms with Crippen LogP contribution in [0.1, 0.15) is 23.2 Å². The molecule has 0 bridgehead atoms. The Bertz CT molecular complexity index is 346. The van der Waals surface area contributed by atoms with Crippen molar-refractivity contribution < 1.29 is 19.7 Å². The molecule has 0 spiro atoms. The van der Waals surface area contributed by atoms with Gasteiger partial charge in [0, 0.05) is 18.6 Å². The number of phenols is 1. The smallest absolute Gasteiger partial charge is 0.163 e. The lowest BCUT2D eigenvalue weighted by Gasteiger charge is -2.05. The van der Waals surface area contributed by atoms with Crippen LogP contribution in [0.2, 0.25) is 0 Å². The number of ether oxygens (including phenoxy) is 1. The summed E-state index contributed by atoms with van der Waals surface area (Å²) in [6.45, 7) is 0.000951. The van der Waals surface area contributed by atoms with Crippen LogP contribution >= 0.6 is 0 Å². The summed E-state index contributed by atoms with van der Waals surface area (Å²) < 4.78 is 4.89. The van der Waals surface area contributed by atoms with Crippen LogP contribution in [0.5, 0.6) is 11.5 Å². The topological polar surface area (TPSA) is 66.8 Å². The van der Waals surface area contributed by atoms with Crippen molar-refractivity contribution in [2.75, 3.05) is 13.7 Å². The zero-order valence-electron chi connectivity index (χ0n) is 8.56. The number of aliphatic hydroxyl groups excluding tert-OH is 1. The molecule has 0 aliphatic heterocycles. The molecule has 0 saturated heterocycles. The Kier molecular flexibility index (Phi) is 4.12. The number of hydrogen-bond donors (Lipinski definition) is 2. The van der Waals surface area contributed by atoms with Crippen molar-refractivity contribution in [3.63, 3.8) is 0 Å². The third-order valence-corrected chi connectivity index (χ3v) is 2.06. The van der Waals surface area contributed by atoms with Crippen LogP contribution in [0.25, 0.3) is 0 Å². The lowest BCUT2D eigenvalue weighted by Crippen LogP contribution is -2.00. The first-order chi connectivity index (χ1) is 7.19. The van der Waals surface area contributed by atoms with E-state index in [0.29, 0.717) is 18.4 Å². The van der Waals surface area contributed by atoms with Gasteiger partial charge in [0.15, 0.2) is 17.3 Å². The van der Waals surface area contributed by atoms with Gasteiger partial charge in [0.05, 0.1) is 7.11 Å². The lowest BCUT2D eigenvalue weighted by atomic mass is 10.1. The molecule has 15 heavy (non-hydrogen) atoms. The van der Waals surface area contributed by atoms with E-state index in [9.17, 15) is 9.90 Å². The number of benzene rings is 1. The van der Waals surface area contributed by atoms with Gasteiger partial charge in [0.2, 0.25) is 0 Å². The number of rotatable bonds is 5. The van der Waals surface area contributed by atoms with E-state index in [0.717, 1.165) is 0 Å². The molecule has 1 aromatic rings. The van der Waals surface area contributed by atoms with Gasteiger partial charge >= 0.3 is 0 Å². The maximum absolute atomic E-state index is 11.5. The Morgan fingerprint density at radius 1 is 1.47 bits per heavy atom. The third kappa shape index (κ3) is 2.95. The molecule has 0 amide bonds. The van der Waals surface area contributed by atoms with Crippen LogP contribution < -0.4 is 4.74 Å². The Hall–Kier alpha value is -1.55. The summed E-state index contributed by atoms with van der Waals surface area (Å²) in [5.41, 5.74) is 0.484. The van der Waals surface area contributed by atoms with Crippen LogP contribution in [0.4, 0.5) is 0 Å². The second-order valence-corrected chi connectivity index (χ2v) is 3.14. The maximum atomic E-state index is 11.5. The third-order valence-electron chi connectivity index (χ3n) is 2.06. The molecule has 4 heteroatoms. The Balaban J connectivity index is 2.81. The number of aliphatic hydroxyl groups is 1. The lowest BCUT2D eigenvalue weighted by molar-refractivity contribution is 0.0971. The summed E-state index contributed by atoms with van der Waals surface area (Å²) in [5.74, 6) is 0.225. The van der Waals surface area contributed by atoms with Crippen molar-refractivity contribution in [3.8, 4) is 11.5 Å². The van der Waals surface area contributed by atoms with Crippen LogP contribution in [0.15, 0.2) is 18.2 Å². The standard InChI is InChI=1S/C11H14O4/c1-15-11-7-8(4-5-10(11)14)9(13)3-2-6-12/h4-5,7,12,14H,2-3,6H2,1H3. The molecule has 1 rings (SSSR count). The number of carbonyl (C=O) groups is 1. The first kappa shape index (κ1) is 11.5. The van der Waals surface area contributed by atoms with E-state index in [4.69, 9.17) is 9.84 Å². The molecular weight excluding hydrogens is 196 g/mol. The summed E-state index contributed by atoms with van der Waals surface area (Å²) >= 11 is 0. The van der Waals surface area contributed by atoms with Gasteiger partial charge in [-0.25, -0.2) is 0 Å². The van der Waals surface area contributed by atoms with Crippen molar-refractivity contribution in [2.45, 2.75) is 12.8 Å². The Labute approximate surface area is 88.1 Å². The molecule has 0 atom stereocenters. The number of hydrogen-bond acceptors (Lipinski definition) is 4. The highest BCUT2D eigenvalue weighted by molar-refractivity contribution is 5.96. The molecule has 82 valence electrons. The van der Waals surface area contributed by atoms with Crippen molar-refractivity contribution >= 4 is 5.78 Å². The fraction of sp³-hybridized carbons (Fsp3) is 0.364. The highest BCUT2D eigenvalue weighted by Crippen LogP contribution is 2.26. The van der Waals surface area contributed by atoms with Crippen LogP contribution in [0, 0.1) is 0 Å². The minimum Gasteiger partial charge on any atom is -0.504 e. The maximum Gasteiger partial charge on any atom is 0.163 e. The van der Waals surface area contributed by atoms with Crippen LogP contribution in [-0.4, -0.2) is 29.7 Å². The van der Waals surface area contributed by atoms with Gasteiger partial charge in [0.25, 0.3) is 0 Å². The molecule has 0 heterocycles. The van der Waals surface area contributed by atoms with Crippen molar-refractivity contribution in [3.05, 3.63) is 23.8 Å². The second kappa shape index (κ2) is 5.36. The predicted molar refractivity (Wildman–Crippen MR) is 55.3 cm³/mol. The highest BCUT2D eigenvalue weighted by Gasteiger charge is 2.09. The van der Waals surface area contributed by atoms with Crippen LogP contribution in [0.3, 0.4) is 0 Å². The Morgan fingerprint density at radius 3 is 2.80 bits per heavy atom. The van der Waals surface area contributed by atoms with Crippen molar-refractivity contribution in [1.82, 2.24) is 0 Å². The molecule has 0 aliphatic carbocycles. The molecule has 0 saturated carbocycles. The quantitative estimate of drug-likeness (QED) is 0.720. The minimum absolute atomic E-state index is 0.000951. The number of phenolic OH excluding ortho intramolecular Hbond substituents is 1. The molecule has 4 nitrogen and oxygen atoms in total. The van der Waals surface area contributed by atoms with Gasteiger partial charge < -0.3 is 14.9 Å². The molecule has 1 aromatic carbocycles. The fourth-order valence-electron chi connectivity index (χ4n) is 1.24. The summed E-state index contributed by atoms with van der Waals surface area (Å²) in [6.07, 6.45) is 0.743. The Morgan fingerprint density at radius 2 is 2.20 bits per heavy atom. The normalized spacial score (nSPS) is 10.0. The average molecular weight is 210 g/mol. The van der Waals surface area contributed by atoms with Crippen molar-refractivity contribution in [2.24, 2.45) is 0 Å².